The van der Waals surface area contributed by atoms with Gasteiger partial charge in [0.05, 0.1) is 16.9 Å². The summed E-state index contributed by atoms with van der Waals surface area (Å²) in [5.41, 5.74) is 5.89. The van der Waals surface area contributed by atoms with Gasteiger partial charge >= 0.3 is 0 Å². The lowest BCUT2D eigenvalue weighted by Gasteiger charge is -2.01. The average molecular weight is 373 g/mol. The summed E-state index contributed by atoms with van der Waals surface area (Å²) in [7, 11) is 0. The van der Waals surface area contributed by atoms with Crippen molar-refractivity contribution in [3.63, 3.8) is 0 Å². The Balaban J connectivity index is 1.74. The van der Waals surface area contributed by atoms with E-state index in [1.807, 2.05) is 37.3 Å². The van der Waals surface area contributed by atoms with Crippen molar-refractivity contribution in [1.29, 1.82) is 0 Å². The largest absolute Gasteiger partial charge is 0.289 e. The number of nitrogens with zero attached hydrogens (tertiary/aromatic N) is 2. The monoisotopic (exact) mass is 372 g/mol. The third-order valence-corrected chi connectivity index (χ3v) is 4.18. The fourth-order valence-corrected chi connectivity index (χ4v) is 2.78. The molecule has 3 aromatic rings. The van der Waals surface area contributed by atoms with Crippen LogP contribution in [0.1, 0.15) is 21.6 Å². The number of rotatable bonds is 4. The van der Waals surface area contributed by atoms with E-state index in [2.05, 4.69) is 20.7 Å². The van der Waals surface area contributed by atoms with E-state index in [9.17, 15) is 4.79 Å². The zero-order valence-electron chi connectivity index (χ0n) is 13.3. The molecule has 0 saturated carbocycles. The SMILES string of the molecule is Cc1c(-c2ccccc2)n[nH]c1C(=O)N/N=C\c1ccc(Cl)cc1Cl. The number of aromatic amines is 1. The first kappa shape index (κ1) is 17.2. The number of halogens is 2. The van der Waals surface area contributed by atoms with Crippen molar-refractivity contribution in [2.45, 2.75) is 6.92 Å². The van der Waals surface area contributed by atoms with E-state index in [0.29, 0.717) is 21.3 Å². The molecule has 5 nitrogen and oxygen atoms in total. The second-order valence-corrected chi connectivity index (χ2v) is 6.15. The second-order valence-electron chi connectivity index (χ2n) is 5.30. The van der Waals surface area contributed by atoms with Crippen molar-refractivity contribution in [2.75, 3.05) is 0 Å². The van der Waals surface area contributed by atoms with E-state index in [1.165, 1.54) is 6.21 Å². The molecule has 1 amide bonds. The topological polar surface area (TPSA) is 70.1 Å². The third-order valence-electron chi connectivity index (χ3n) is 3.62. The molecule has 1 heterocycles. The lowest BCUT2D eigenvalue weighted by atomic mass is 10.1. The highest BCUT2D eigenvalue weighted by molar-refractivity contribution is 6.36. The van der Waals surface area contributed by atoms with Crippen LogP contribution in [0.2, 0.25) is 10.0 Å². The molecule has 3 rings (SSSR count). The summed E-state index contributed by atoms with van der Waals surface area (Å²) in [6, 6.07) is 14.7. The van der Waals surface area contributed by atoms with Gasteiger partial charge in [0.2, 0.25) is 0 Å². The molecule has 0 bridgehead atoms. The van der Waals surface area contributed by atoms with Crippen molar-refractivity contribution in [3.05, 3.63) is 75.4 Å². The maximum Gasteiger partial charge on any atom is 0.289 e. The van der Waals surface area contributed by atoms with Crippen LogP contribution >= 0.6 is 23.2 Å². The first-order chi connectivity index (χ1) is 12.1. The number of nitrogens with one attached hydrogen (secondary N) is 2. The Bertz CT molecular complexity index is 936. The quantitative estimate of drug-likeness (QED) is 0.524. The van der Waals surface area contributed by atoms with Crippen LogP contribution < -0.4 is 5.43 Å². The van der Waals surface area contributed by atoms with Crippen LogP contribution in [0.25, 0.3) is 11.3 Å². The van der Waals surface area contributed by atoms with Gasteiger partial charge in [-0.3, -0.25) is 9.89 Å². The van der Waals surface area contributed by atoms with Gasteiger partial charge in [0, 0.05) is 21.7 Å². The molecule has 0 aliphatic heterocycles. The van der Waals surface area contributed by atoms with Gasteiger partial charge in [-0.25, -0.2) is 5.43 Å². The minimum atomic E-state index is -0.381. The van der Waals surface area contributed by atoms with E-state index in [-0.39, 0.29) is 5.91 Å². The second kappa shape index (κ2) is 7.51. The highest BCUT2D eigenvalue weighted by atomic mass is 35.5. The van der Waals surface area contributed by atoms with Crippen LogP contribution in [-0.2, 0) is 0 Å². The standard InChI is InChI=1S/C18H14Cl2N4O/c1-11-16(12-5-3-2-4-6-12)22-23-17(11)18(25)24-21-10-13-7-8-14(19)9-15(13)20/h2-10H,1H3,(H,22,23)(H,24,25)/b21-10-. The highest BCUT2D eigenvalue weighted by Crippen LogP contribution is 2.22. The Hall–Kier alpha value is -2.63. The number of benzene rings is 2. The van der Waals surface area contributed by atoms with Crippen LogP contribution in [0.5, 0.6) is 0 Å². The van der Waals surface area contributed by atoms with Gasteiger partial charge in [-0.2, -0.15) is 10.2 Å². The zero-order valence-corrected chi connectivity index (χ0v) is 14.8. The maximum atomic E-state index is 12.3. The summed E-state index contributed by atoms with van der Waals surface area (Å²) < 4.78 is 0. The molecule has 0 unspecified atom stereocenters. The molecule has 1 aromatic heterocycles. The Labute approximate surface area is 154 Å². The van der Waals surface area contributed by atoms with Gasteiger partial charge in [-0.1, -0.05) is 59.6 Å². The van der Waals surface area contributed by atoms with Crippen molar-refractivity contribution in [1.82, 2.24) is 15.6 Å². The molecule has 126 valence electrons. The maximum absolute atomic E-state index is 12.3. The molecule has 2 N–H and O–H groups in total. The van der Waals surface area contributed by atoms with E-state index in [4.69, 9.17) is 23.2 Å². The van der Waals surface area contributed by atoms with Crippen LogP contribution in [0.15, 0.2) is 53.6 Å². The first-order valence-corrected chi connectivity index (χ1v) is 8.20. The lowest BCUT2D eigenvalue weighted by molar-refractivity contribution is 0.0949. The van der Waals surface area contributed by atoms with Crippen LogP contribution in [0.3, 0.4) is 0 Å². The smallest absolute Gasteiger partial charge is 0.272 e. The first-order valence-electron chi connectivity index (χ1n) is 7.45. The van der Waals surface area contributed by atoms with Crippen molar-refractivity contribution in [2.24, 2.45) is 5.10 Å². The summed E-state index contributed by atoms with van der Waals surface area (Å²) in [6.07, 6.45) is 1.46. The Kier molecular flexibility index (Phi) is 5.16. The Morgan fingerprint density at radius 2 is 1.96 bits per heavy atom. The summed E-state index contributed by atoms with van der Waals surface area (Å²) in [5, 5.41) is 11.9. The number of hydrazone groups is 1. The number of hydrogen-bond donors (Lipinski definition) is 2. The zero-order chi connectivity index (χ0) is 17.8. The number of H-pyrrole nitrogens is 1. The minimum absolute atomic E-state index is 0.359. The van der Waals surface area contributed by atoms with Crippen molar-refractivity contribution < 1.29 is 4.79 Å². The molecule has 0 radical (unpaired) electrons. The molecular formula is C18H14Cl2N4O. The summed E-state index contributed by atoms with van der Waals surface area (Å²) in [4.78, 5) is 12.3. The third kappa shape index (κ3) is 3.90. The number of carbonyl (C=O) groups is 1. The number of hydrogen-bond acceptors (Lipinski definition) is 3. The molecule has 0 saturated heterocycles. The van der Waals surface area contributed by atoms with Gasteiger partial charge in [0.25, 0.3) is 5.91 Å². The van der Waals surface area contributed by atoms with Gasteiger partial charge in [-0.15, -0.1) is 0 Å². The molecule has 0 atom stereocenters. The predicted octanol–water partition coefficient (Wildman–Crippen LogP) is 4.46. The number of aromatic nitrogens is 2. The van der Waals surface area contributed by atoms with E-state index >= 15 is 0 Å². The van der Waals surface area contributed by atoms with E-state index < -0.39 is 0 Å². The molecule has 7 heteroatoms. The van der Waals surface area contributed by atoms with E-state index in [1.54, 1.807) is 18.2 Å². The summed E-state index contributed by atoms with van der Waals surface area (Å²) in [6.45, 7) is 1.83. The van der Waals surface area contributed by atoms with Crippen LogP contribution in [0, 0.1) is 6.92 Å². The van der Waals surface area contributed by atoms with Gasteiger partial charge in [-0.05, 0) is 19.1 Å². The normalized spacial score (nSPS) is 11.0. The molecule has 0 aliphatic rings. The van der Waals surface area contributed by atoms with Gasteiger partial charge in [0.1, 0.15) is 5.69 Å². The van der Waals surface area contributed by atoms with Crippen LogP contribution in [0.4, 0.5) is 0 Å². The average Bonchev–Trinajstić information content (AvgIpc) is 2.99. The molecule has 0 spiro atoms. The van der Waals surface area contributed by atoms with Crippen LogP contribution in [-0.4, -0.2) is 22.3 Å². The molecule has 0 fully saturated rings. The minimum Gasteiger partial charge on any atom is -0.272 e. The molecule has 0 aliphatic carbocycles. The fourth-order valence-electron chi connectivity index (χ4n) is 2.32. The summed E-state index contributed by atoms with van der Waals surface area (Å²) >= 11 is 11.9. The fraction of sp³-hybridized carbons (Fsp3) is 0.0556. The predicted molar refractivity (Wildman–Crippen MR) is 100 cm³/mol. The van der Waals surface area contributed by atoms with Crippen molar-refractivity contribution in [3.8, 4) is 11.3 Å². The summed E-state index contributed by atoms with van der Waals surface area (Å²) in [5.74, 6) is -0.381. The Morgan fingerprint density at radius 1 is 1.20 bits per heavy atom. The van der Waals surface area contributed by atoms with Crippen molar-refractivity contribution >= 4 is 35.3 Å². The van der Waals surface area contributed by atoms with Gasteiger partial charge in [0.15, 0.2) is 0 Å². The number of amides is 1. The van der Waals surface area contributed by atoms with Gasteiger partial charge < -0.3 is 0 Å². The molecule has 2 aromatic carbocycles. The molecule has 25 heavy (non-hydrogen) atoms. The van der Waals surface area contributed by atoms with E-state index in [0.717, 1.165) is 16.8 Å². The lowest BCUT2D eigenvalue weighted by Crippen LogP contribution is -2.19. The highest BCUT2D eigenvalue weighted by Gasteiger charge is 2.16. The Morgan fingerprint density at radius 3 is 2.68 bits per heavy atom. The number of carbonyl (C=O) groups excluding carboxylic acids is 1. The molecular weight excluding hydrogens is 359 g/mol.